The lowest BCUT2D eigenvalue weighted by Crippen LogP contribution is -2.43. The smallest absolute Gasteiger partial charge is 0.111 e. The largest absolute Gasteiger partial charge is 0.320 e. The second kappa shape index (κ2) is 5.36. The number of fused-ring (bicyclic) bond motifs is 5. The second-order valence-corrected chi connectivity index (χ2v) is 6.31. The molecule has 2 aliphatic rings. The molecule has 0 spiro atoms. The Labute approximate surface area is 142 Å². The molecule has 2 nitrogen and oxygen atoms in total. The Morgan fingerprint density at radius 1 is 0.792 bits per heavy atom. The summed E-state index contributed by atoms with van der Waals surface area (Å²) < 4.78 is 0. The summed E-state index contributed by atoms with van der Waals surface area (Å²) >= 11 is 0. The molecule has 0 aliphatic carbocycles. The number of anilines is 1. The first-order valence-corrected chi connectivity index (χ1v) is 8.38. The van der Waals surface area contributed by atoms with Crippen LogP contribution in [-0.2, 0) is 6.54 Å². The Morgan fingerprint density at radius 2 is 1.54 bits per heavy atom. The Bertz CT molecular complexity index is 927. The molecule has 1 unspecified atom stereocenters. The highest BCUT2D eigenvalue weighted by Gasteiger charge is 2.33. The average Bonchev–Trinajstić information content (AvgIpc) is 2.67. The molecule has 24 heavy (non-hydrogen) atoms. The SMILES string of the molecule is C1=C(c2ccccc2)N2c3ccccc3CNC2c2ccccc21. The molecule has 2 aliphatic heterocycles. The van der Waals surface area contributed by atoms with Crippen LogP contribution in [-0.4, -0.2) is 0 Å². The van der Waals surface area contributed by atoms with Gasteiger partial charge in [-0.05, 0) is 34.4 Å². The number of nitrogens with zero attached hydrogens (tertiary/aromatic N) is 1. The van der Waals surface area contributed by atoms with Gasteiger partial charge >= 0.3 is 0 Å². The minimum absolute atomic E-state index is 0.177. The normalized spacial score (nSPS) is 18.2. The maximum Gasteiger partial charge on any atom is 0.111 e. The maximum atomic E-state index is 3.72. The Hall–Kier alpha value is -2.84. The van der Waals surface area contributed by atoms with Gasteiger partial charge in [0.25, 0.3) is 0 Å². The van der Waals surface area contributed by atoms with Crippen molar-refractivity contribution in [1.29, 1.82) is 0 Å². The lowest BCUT2D eigenvalue weighted by molar-refractivity contribution is 0.514. The van der Waals surface area contributed by atoms with Crippen molar-refractivity contribution >= 4 is 17.5 Å². The lowest BCUT2D eigenvalue weighted by Gasteiger charge is -2.44. The van der Waals surface area contributed by atoms with Crippen LogP contribution >= 0.6 is 0 Å². The van der Waals surface area contributed by atoms with Crippen molar-refractivity contribution in [1.82, 2.24) is 5.32 Å². The maximum absolute atomic E-state index is 3.72. The summed E-state index contributed by atoms with van der Waals surface area (Å²) in [5.74, 6) is 0. The van der Waals surface area contributed by atoms with Gasteiger partial charge in [-0.3, -0.25) is 5.32 Å². The van der Waals surface area contributed by atoms with Gasteiger partial charge in [-0.1, -0.05) is 72.8 Å². The highest BCUT2D eigenvalue weighted by Crippen LogP contribution is 2.44. The molecule has 0 saturated carbocycles. The quantitative estimate of drug-likeness (QED) is 0.694. The van der Waals surface area contributed by atoms with Crippen molar-refractivity contribution in [2.75, 3.05) is 4.90 Å². The molecule has 0 bridgehead atoms. The first kappa shape index (κ1) is 13.6. The summed E-state index contributed by atoms with van der Waals surface area (Å²) in [6.07, 6.45) is 2.49. The molecular weight excluding hydrogens is 292 g/mol. The number of rotatable bonds is 1. The molecule has 0 radical (unpaired) electrons. The molecular formula is C22H18N2. The molecule has 0 amide bonds. The van der Waals surface area contributed by atoms with E-state index in [-0.39, 0.29) is 6.17 Å². The Kier molecular flexibility index (Phi) is 3.03. The summed E-state index contributed by atoms with van der Waals surface area (Å²) in [6.45, 7) is 0.897. The van der Waals surface area contributed by atoms with E-state index >= 15 is 0 Å². The molecule has 116 valence electrons. The monoisotopic (exact) mass is 310 g/mol. The van der Waals surface area contributed by atoms with Crippen molar-refractivity contribution in [3.05, 3.63) is 101 Å². The standard InChI is InChI=1S/C22H18N2/c1-2-8-16(9-3-1)21-14-17-10-4-6-12-19(17)22-23-15-18-11-5-7-13-20(18)24(21)22/h1-14,22-23H,15H2. The summed E-state index contributed by atoms with van der Waals surface area (Å²) in [7, 11) is 0. The second-order valence-electron chi connectivity index (χ2n) is 6.31. The van der Waals surface area contributed by atoms with Crippen LogP contribution in [0.1, 0.15) is 28.4 Å². The molecule has 2 heteroatoms. The van der Waals surface area contributed by atoms with Crippen LogP contribution in [0.2, 0.25) is 0 Å². The summed E-state index contributed by atoms with van der Waals surface area (Å²) in [6, 6.07) is 28.0. The van der Waals surface area contributed by atoms with E-state index in [2.05, 4.69) is 95.2 Å². The molecule has 3 aromatic carbocycles. The summed E-state index contributed by atoms with van der Waals surface area (Å²) in [5, 5.41) is 3.72. The van der Waals surface area contributed by atoms with Crippen LogP contribution in [0, 0.1) is 0 Å². The van der Waals surface area contributed by atoms with Crippen LogP contribution in [0.3, 0.4) is 0 Å². The molecule has 0 aromatic heterocycles. The van der Waals surface area contributed by atoms with E-state index in [4.69, 9.17) is 0 Å². The summed E-state index contributed by atoms with van der Waals surface area (Å²) in [5.41, 5.74) is 7.77. The van der Waals surface area contributed by atoms with E-state index in [1.165, 1.54) is 33.6 Å². The van der Waals surface area contributed by atoms with Crippen molar-refractivity contribution in [3.8, 4) is 0 Å². The van der Waals surface area contributed by atoms with Gasteiger partial charge in [-0.15, -0.1) is 0 Å². The Balaban J connectivity index is 1.77. The number of hydrogen-bond donors (Lipinski definition) is 1. The van der Waals surface area contributed by atoms with Gasteiger partial charge in [0.1, 0.15) is 6.17 Å². The van der Waals surface area contributed by atoms with E-state index in [1.54, 1.807) is 0 Å². The van der Waals surface area contributed by atoms with Gasteiger partial charge in [-0.25, -0.2) is 0 Å². The van der Waals surface area contributed by atoms with E-state index < -0.39 is 0 Å². The van der Waals surface area contributed by atoms with E-state index in [0.717, 1.165) is 6.54 Å². The van der Waals surface area contributed by atoms with Crippen LogP contribution in [0.5, 0.6) is 0 Å². The third-order valence-corrected chi connectivity index (χ3v) is 4.91. The van der Waals surface area contributed by atoms with Gasteiger partial charge in [-0.2, -0.15) is 0 Å². The minimum Gasteiger partial charge on any atom is -0.320 e. The molecule has 1 N–H and O–H groups in total. The first-order chi connectivity index (χ1) is 11.9. The fourth-order valence-corrected chi connectivity index (χ4v) is 3.79. The van der Waals surface area contributed by atoms with Gasteiger partial charge in [0.05, 0.1) is 5.70 Å². The zero-order chi connectivity index (χ0) is 15.9. The molecule has 0 saturated heterocycles. The van der Waals surface area contributed by atoms with Crippen LogP contribution in [0.15, 0.2) is 78.9 Å². The van der Waals surface area contributed by atoms with Gasteiger partial charge in [0.15, 0.2) is 0 Å². The predicted octanol–water partition coefficient (Wildman–Crippen LogP) is 4.81. The average molecular weight is 310 g/mol. The minimum atomic E-state index is 0.177. The Morgan fingerprint density at radius 3 is 2.46 bits per heavy atom. The number of para-hydroxylation sites is 1. The first-order valence-electron chi connectivity index (χ1n) is 8.38. The van der Waals surface area contributed by atoms with Gasteiger partial charge in [0, 0.05) is 12.2 Å². The van der Waals surface area contributed by atoms with Crippen LogP contribution in [0.25, 0.3) is 11.8 Å². The highest BCUT2D eigenvalue weighted by molar-refractivity contribution is 5.94. The number of benzene rings is 3. The fraction of sp³-hybridized carbons (Fsp3) is 0.0909. The van der Waals surface area contributed by atoms with Crippen molar-refractivity contribution in [2.24, 2.45) is 0 Å². The van der Waals surface area contributed by atoms with Crippen molar-refractivity contribution in [3.63, 3.8) is 0 Å². The molecule has 0 fully saturated rings. The van der Waals surface area contributed by atoms with E-state index in [1.807, 2.05) is 0 Å². The van der Waals surface area contributed by atoms with Crippen LogP contribution < -0.4 is 10.2 Å². The van der Waals surface area contributed by atoms with Crippen molar-refractivity contribution in [2.45, 2.75) is 12.7 Å². The topological polar surface area (TPSA) is 15.3 Å². The van der Waals surface area contributed by atoms with Crippen LogP contribution in [0.4, 0.5) is 5.69 Å². The number of nitrogens with one attached hydrogen (secondary N) is 1. The van der Waals surface area contributed by atoms with Crippen molar-refractivity contribution < 1.29 is 0 Å². The lowest BCUT2D eigenvalue weighted by atomic mass is 9.92. The molecule has 3 aromatic rings. The highest BCUT2D eigenvalue weighted by atomic mass is 15.3. The molecule has 2 heterocycles. The molecule has 1 atom stereocenters. The predicted molar refractivity (Wildman–Crippen MR) is 99.3 cm³/mol. The molecule has 5 rings (SSSR count). The van der Waals surface area contributed by atoms with Gasteiger partial charge in [0.2, 0.25) is 0 Å². The fourth-order valence-electron chi connectivity index (χ4n) is 3.79. The third-order valence-electron chi connectivity index (χ3n) is 4.91. The van der Waals surface area contributed by atoms with Gasteiger partial charge < -0.3 is 4.90 Å². The summed E-state index contributed by atoms with van der Waals surface area (Å²) in [4.78, 5) is 2.44. The zero-order valence-electron chi connectivity index (χ0n) is 13.3. The van der Waals surface area contributed by atoms with E-state index in [9.17, 15) is 0 Å². The van der Waals surface area contributed by atoms with E-state index in [0.29, 0.717) is 0 Å². The third kappa shape index (κ3) is 2.00. The number of hydrogen-bond acceptors (Lipinski definition) is 2. The zero-order valence-corrected chi connectivity index (χ0v) is 13.3.